The molecule has 1 fully saturated rings. The summed E-state index contributed by atoms with van der Waals surface area (Å²) < 4.78 is 22.4. The Morgan fingerprint density at radius 3 is 2.24 bits per heavy atom. The topological polar surface area (TPSA) is 62.9 Å². The summed E-state index contributed by atoms with van der Waals surface area (Å²) in [6.45, 7) is 3.45. The smallest absolute Gasteiger partial charge is 0.203 e. The third-order valence-corrected chi connectivity index (χ3v) is 3.53. The fraction of sp³-hybridized carbons (Fsp3) is 0.625. The zero-order chi connectivity index (χ0) is 15.2. The van der Waals surface area contributed by atoms with Gasteiger partial charge in [0.05, 0.1) is 27.4 Å². The van der Waals surface area contributed by atoms with E-state index in [0.717, 1.165) is 38.0 Å². The van der Waals surface area contributed by atoms with Crippen molar-refractivity contribution in [2.45, 2.75) is 38.3 Å². The number of ether oxygens (including phenoxy) is 4. The second-order valence-electron chi connectivity index (χ2n) is 5.44. The van der Waals surface area contributed by atoms with E-state index >= 15 is 0 Å². The fourth-order valence-corrected chi connectivity index (χ4v) is 2.50. The van der Waals surface area contributed by atoms with Crippen molar-refractivity contribution in [1.29, 1.82) is 0 Å². The maximum absolute atomic E-state index is 6.10. The summed E-state index contributed by atoms with van der Waals surface area (Å²) in [7, 11) is 3.28. The second-order valence-corrected chi connectivity index (χ2v) is 5.44. The van der Waals surface area contributed by atoms with Crippen molar-refractivity contribution in [2.75, 3.05) is 27.4 Å². The maximum Gasteiger partial charge on any atom is 0.203 e. The summed E-state index contributed by atoms with van der Waals surface area (Å²) >= 11 is 0. The molecule has 1 aromatic carbocycles. The van der Waals surface area contributed by atoms with Crippen LogP contribution in [0.5, 0.6) is 17.2 Å². The number of benzene rings is 1. The first-order valence-electron chi connectivity index (χ1n) is 7.39. The lowest BCUT2D eigenvalue weighted by Crippen LogP contribution is -2.26. The quantitative estimate of drug-likeness (QED) is 0.871. The summed E-state index contributed by atoms with van der Waals surface area (Å²) in [6, 6.07) is 4.03. The molecule has 21 heavy (non-hydrogen) atoms. The van der Waals surface area contributed by atoms with Crippen LogP contribution in [-0.2, 0) is 11.2 Å². The zero-order valence-corrected chi connectivity index (χ0v) is 13.1. The van der Waals surface area contributed by atoms with E-state index in [-0.39, 0.29) is 12.1 Å². The Bertz CT molecular complexity index is 431. The van der Waals surface area contributed by atoms with Crippen molar-refractivity contribution in [2.24, 2.45) is 5.73 Å². The monoisotopic (exact) mass is 295 g/mol. The molecule has 0 bridgehead atoms. The Hall–Kier alpha value is -1.46. The summed E-state index contributed by atoms with van der Waals surface area (Å²) in [5.74, 6) is 2.05. The summed E-state index contributed by atoms with van der Waals surface area (Å²) in [5, 5.41) is 0. The molecule has 0 spiro atoms. The number of nitrogens with two attached hydrogens (primary N) is 1. The highest BCUT2D eigenvalue weighted by atomic mass is 16.5. The van der Waals surface area contributed by atoms with Crippen LogP contribution in [0.2, 0.25) is 0 Å². The predicted molar refractivity (Wildman–Crippen MR) is 81.4 cm³/mol. The molecule has 1 aliphatic rings. The van der Waals surface area contributed by atoms with Gasteiger partial charge < -0.3 is 24.7 Å². The standard InChI is InChI=1S/C16H25NO4/c1-11(17)8-12-9-14(18-2)16(15(10-12)19-3)21-13-4-6-20-7-5-13/h9-11,13H,4-8,17H2,1-3H3. The van der Waals surface area contributed by atoms with E-state index < -0.39 is 0 Å². The minimum atomic E-state index is 0.0849. The minimum Gasteiger partial charge on any atom is -0.493 e. The van der Waals surface area contributed by atoms with Crippen LogP contribution in [0.4, 0.5) is 0 Å². The van der Waals surface area contributed by atoms with Crippen molar-refractivity contribution in [3.05, 3.63) is 17.7 Å². The van der Waals surface area contributed by atoms with Crippen LogP contribution in [0.1, 0.15) is 25.3 Å². The number of methoxy groups -OCH3 is 2. The molecule has 1 unspecified atom stereocenters. The highest BCUT2D eigenvalue weighted by Gasteiger charge is 2.21. The molecule has 0 radical (unpaired) electrons. The van der Waals surface area contributed by atoms with E-state index in [0.29, 0.717) is 17.2 Å². The SMILES string of the molecule is COc1cc(CC(C)N)cc(OC)c1OC1CCOCC1. The molecule has 1 aliphatic heterocycles. The van der Waals surface area contributed by atoms with Gasteiger partial charge in [-0.1, -0.05) is 0 Å². The van der Waals surface area contributed by atoms with Crippen LogP contribution in [-0.4, -0.2) is 39.6 Å². The fourth-order valence-electron chi connectivity index (χ4n) is 2.50. The highest BCUT2D eigenvalue weighted by Crippen LogP contribution is 2.40. The third kappa shape index (κ3) is 4.25. The largest absolute Gasteiger partial charge is 0.493 e. The highest BCUT2D eigenvalue weighted by molar-refractivity contribution is 5.54. The Labute approximate surface area is 126 Å². The maximum atomic E-state index is 6.10. The van der Waals surface area contributed by atoms with Crippen LogP contribution < -0.4 is 19.9 Å². The van der Waals surface area contributed by atoms with E-state index in [1.807, 2.05) is 19.1 Å². The van der Waals surface area contributed by atoms with Gasteiger partial charge >= 0.3 is 0 Å². The van der Waals surface area contributed by atoms with Crippen molar-refractivity contribution in [3.8, 4) is 17.2 Å². The first-order chi connectivity index (χ1) is 10.1. The van der Waals surface area contributed by atoms with Gasteiger partial charge in [-0.2, -0.15) is 0 Å². The summed E-state index contributed by atoms with van der Waals surface area (Å²) in [4.78, 5) is 0. The second kappa shape index (κ2) is 7.52. The zero-order valence-electron chi connectivity index (χ0n) is 13.1. The van der Waals surface area contributed by atoms with Gasteiger partial charge in [-0.3, -0.25) is 0 Å². The molecule has 5 heteroatoms. The molecule has 1 aromatic rings. The van der Waals surface area contributed by atoms with Crippen LogP contribution in [0.3, 0.4) is 0 Å². The van der Waals surface area contributed by atoms with Gasteiger partial charge in [0, 0.05) is 18.9 Å². The van der Waals surface area contributed by atoms with Crippen LogP contribution >= 0.6 is 0 Å². The molecule has 0 aliphatic carbocycles. The molecule has 0 saturated carbocycles. The third-order valence-electron chi connectivity index (χ3n) is 3.53. The van der Waals surface area contributed by atoms with Crippen LogP contribution in [0.15, 0.2) is 12.1 Å². The normalized spacial score (nSPS) is 17.3. The summed E-state index contributed by atoms with van der Waals surface area (Å²) in [5.41, 5.74) is 6.95. The molecule has 1 heterocycles. The van der Waals surface area contributed by atoms with Gasteiger partial charge in [0.1, 0.15) is 6.10 Å². The lowest BCUT2D eigenvalue weighted by Gasteiger charge is -2.25. The summed E-state index contributed by atoms with van der Waals surface area (Å²) in [6.07, 6.45) is 2.67. The molecule has 1 atom stereocenters. The Morgan fingerprint density at radius 1 is 1.19 bits per heavy atom. The average molecular weight is 295 g/mol. The van der Waals surface area contributed by atoms with Crippen molar-refractivity contribution >= 4 is 0 Å². The van der Waals surface area contributed by atoms with E-state index in [4.69, 9.17) is 24.7 Å². The van der Waals surface area contributed by atoms with Crippen molar-refractivity contribution in [3.63, 3.8) is 0 Å². The molecule has 1 saturated heterocycles. The number of hydrogen-bond donors (Lipinski definition) is 1. The Kier molecular flexibility index (Phi) is 5.70. The van der Waals surface area contributed by atoms with Gasteiger partial charge in [-0.05, 0) is 31.0 Å². The van der Waals surface area contributed by atoms with Gasteiger partial charge in [0.2, 0.25) is 5.75 Å². The van der Waals surface area contributed by atoms with Crippen LogP contribution in [0.25, 0.3) is 0 Å². The number of hydrogen-bond acceptors (Lipinski definition) is 5. The molecule has 0 amide bonds. The lowest BCUT2D eigenvalue weighted by molar-refractivity contribution is 0.0234. The average Bonchev–Trinajstić information content (AvgIpc) is 2.48. The van der Waals surface area contributed by atoms with E-state index in [2.05, 4.69) is 0 Å². The van der Waals surface area contributed by atoms with E-state index in [1.54, 1.807) is 14.2 Å². The number of rotatable bonds is 6. The van der Waals surface area contributed by atoms with Crippen LogP contribution in [0, 0.1) is 0 Å². The molecule has 2 N–H and O–H groups in total. The molecule has 118 valence electrons. The van der Waals surface area contributed by atoms with Gasteiger partial charge in [-0.25, -0.2) is 0 Å². The van der Waals surface area contributed by atoms with Crippen molar-refractivity contribution in [1.82, 2.24) is 0 Å². The van der Waals surface area contributed by atoms with Crippen molar-refractivity contribution < 1.29 is 18.9 Å². The Morgan fingerprint density at radius 2 is 1.76 bits per heavy atom. The predicted octanol–water partition coefficient (Wildman–Crippen LogP) is 2.15. The molecule has 0 aromatic heterocycles. The molecule has 2 rings (SSSR count). The molecular weight excluding hydrogens is 270 g/mol. The van der Waals surface area contributed by atoms with Gasteiger partial charge in [-0.15, -0.1) is 0 Å². The lowest BCUT2D eigenvalue weighted by atomic mass is 10.1. The first kappa shape index (κ1) is 15.9. The minimum absolute atomic E-state index is 0.0849. The van der Waals surface area contributed by atoms with Gasteiger partial charge in [0.15, 0.2) is 11.5 Å². The first-order valence-corrected chi connectivity index (χ1v) is 7.39. The van der Waals surface area contributed by atoms with E-state index in [1.165, 1.54) is 0 Å². The molecule has 5 nitrogen and oxygen atoms in total. The molecular formula is C16H25NO4. The Balaban J connectivity index is 2.24. The van der Waals surface area contributed by atoms with Gasteiger partial charge in [0.25, 0.3) is 0 Å². The van der Waals surface area contributed by atoms with E-state index in [9.17, 15) is 0 Å².